The molecule has 1 saturated carbocycles. The van der Waals surface area contributed by atoms with Crippen LogP contribution in [0.1, 0.15) is 31.7 Å². The summed E-state index contributed by atoms with van der Waals surface area (Å²) in [6, 6.07) is 7.40. The molecule has 3 N–H and O–H groups in total. The van der Waals surface area contributed by atoms with Crippen LogP contribution >= 0.6 is 0 Å². The van der Waals surface area contributed by atoms with Crippen molar-refractivity contribution in [2.75, 3.05) is 24.7 Å². The van der Waals surface area contributed by atoms with E-state index in [4.69, 9.17) is 5.73 Å². The number of anilines is 2. The molecule has 3 aromatic rings. The number of hydrogen-bond acceptors (Lipinski definition) is 7. The van der Waals surface area contributed by atoms with Gasteiger partial charge in [0.2, 0.25) is 0 Å². The molecule has 156 valence electrons. The van der Waals surface area contributed by atoms with Crippen molar-refractivity contribution >= 4 is 28.6 Å². The lowest BCUT2D eigenvalue weighted by molar-refractivity contribution is -0.143. The maximum Gasteiger partial charge on any atom is 0.306 e. The first-order valence-electron chi connectivity index (χ1n) is 9.90. The largest absolute Gasteiger partial charge is 0.481 e. The Labute approximate surface area is 173 Å². The number of carboxylic acids is 1. The van der Waals surface area contributed by atoms with E-state index in [1.54, 1.807) is 4.57 Å². The number of carboxylic acid groups (broad SMARTS) is 1. The van der Waals surface area contributed by atoms with Gasteiger partial charge >= 0.3 is 5.97 Å². The Morgan fingerprint density at radius 2 is 1.80 bits per heavy atom. The van der Waals surface area contributed by atoms with Crippen LogP contribution < -0.4 is 16.2 Å². The Kier molecular flexibility index (Phi) is 5.11. The Balaban J connectivity index is 1.85. The standard InChI is InChI=1S/C21H24N6O3/c1-26(2)14-7-3-12(4-8-14)16-20(28)27(15-9-5-13(6-10-15)21(29)30)19-17(25-16)18(22)23-11-24-19/h3-4,7-8,11,13,15H,5-6,9-10H2,1-2H3,(H,29,30)(H2,22,23,24). The van der Waals surface area contributed by atoms with Gasteiger partial charge in [0, 0.05) is 31.4 Å². The lowest BCUT2D eigenvalue weighted by Crippen LogP contribution is -2.32. The van der Waals surface area contributed by atoms with Gasteiger partial charge in [-0.15, -0.1) is 0 Å². The van der Waals surface area contributed by atoms with Crippen molar-refractivity contribution in [3.63, 3.8) is 0 Å². The molecule has 9 heteroatoms. The van der Waals surface area contributed by atoms with Crippen molar-refractivity contribution in [2.45, 2.75) is 31.7 Å². The van der Waals surface area contributed by atoms with Gasteiger partial charge < -0.3 is 15.7 Å². The molecule has 2 heterocycles. The number of aromatic nitrogens is 4. The fourth-order valence-corrected chi connectivity index (χ4v) is 4.06. The molecule has 0 aliphatic heterocycles. The number of rotatable bonds is 4. The third-order valence-corrected chi connectivity index (χ3v) is 5.77. The van der Waals surface area contributed by atoms with Gasteiger partial charge in [-0.25, -0.2) is 15.0 Å². The van der Waals surface area contributed by atoms with Crippen molar-refractivity contribution in [3.8, 4) is 11.3 Å². The number of nitrogen functional groups attached to an aromatic ring is 1. The van der Waals surface area contributed by atoms with Crippen LogP contribution in [-0.4, -0.2) is 44.7 Å². The number of aliphatic carboxylic acids is 1. The highest BCUT2D eigenvalue weighted by Crippen LogP contribution is 2.33. The monoisotopic (exact) mass is 408 g/mol. The summed E-state index contributed by atoms with van der Waals surface area (Å²) < 4.78 is 1.63. The zero-order valence-electron chi connectivity index (χ0n) is 16.9. The number of benzene rings is 1. The predicted molar refractivity (Wildman–Crippen MR) is 114 cm³/mol. The quantitative estimate of drug-likeness (QED) is 0.673. The van der Waals surface area contributed by atoms with Crippen LogP contribution in [0, 0.1) is 5.92 Å². The van der Waals surface area contributed by atoms with E-state index >= 15 is 0 Å². The Bertz CT molecular complexity index is 1150. The predicted octanol–water partition coefficient (Wildman–Crippen LogP) is 2.32. The summed E-state index contributed by atoms with van der Waals surface area (Å²) in [4.78, 5) is 39.6. The first-order valence-corrected chi connectivity index (χ1v) is 9.90. The summed E-state index contributed by atoms with van der Waals surface area (Å²) in [5, 5.41) is 9.29. The van der Waals surface area contributed by atoms with Crippen LogP contribution in [0.3, 0.4) is 0 Å². The zero-order valence-corrected chi connectivity index (χ0v) is 16.9. The molecule has 0 atom stereocenters. The molecule has 0 unspecified atom stereocenters. The third kappa shape index (κ3) is 3.47. The van der Waals surface area contributed by atoms with Crippen LogP contribution in [0.15, 0.2) is 35.4 Å². The van der Waals surface area contributed by atoms with Gasteiger partial charge in [-0.05, 0) is 37.8 Å². The number of nitrogens with zero attached hydrogens (tertiary/aromatic N) is 5. The molecule has 1 fully saturated rings. The summed E-state index contributed by atoms with van der Waals surface area (Å²) in [6.07, 6.45) is 3.52. The number of hydrogen-bond donors (Lipinski definition) is 2. The highest BCUT2D eigenvalue weighted by atomic mass is 16.4. The highest BCUT2D eigenvalue weighted by molar-refractivity contribution is 5.83. The number of carbonyl (C=O) groups is 1. The number of nitrogens with two attached hydrogens (primary N) is 1. The summed E-state index contributed by atoms with van der Waals surface area (Å²) in [7, 11) is 3.89. The SMILES string of the molecule is CN(C)c1ccc(-c2nc3c(N)ncnc3n(C3CCC(C(=O)O)CC3)c2=O)cc1. The Morgan fingerprint density at radius 3 is 2.40 bits per heavy atom. The topological polar surface area (TPSA) is 127 Å². The second-order valence-electron chi connectivity index (χ2n) is 7.85. The van der Waals surface area contributed by atoms with E-state index in [1.807, 2.05) is 43.3 Å². The van der Waals surface area contributed by atoms with Crippen LogP contribution in [0.25, 0.3) is 22.4 Å². The second kappa shape index (κ2) is 7.74. The third-order valence-electron chi connectivity index (χ3n) is 5.77. The van der Waals surface area contributed by atoms with E-state index in [2.05, 4.69) is 15.0 Å². The molecule has 0 saturated heterocycles. The molecular formula is C21H24N6O3. The molecule has 0 amide bonds. The van der Waals surface area contributed by atoms with E-state index in [-0.39, 0.29) is 29.0 Å². The molecule has 0 spiro atoms. The minimum atomic E-state index is -0.784. The minimum Gasteiger partial charge on any atom is -0.481 e. The van der Waals surface area contributed by atoms with E-state index in [0.717, 1.165) is 5.69 Å². The van der Waals surface area contributed by atoms with Gasteiger partial charge in [0.25, 0.3) is 5.56 Å². The van der Waals surface area contributed by atoms with Crippen molar-refractivity contribution in [1.82, 2.24) is 19.5 Å². The van der Waals surface area contributed by atoms with E-state index < -0.39 is 5.97 Å². The summed E-state index contributed by atoms with van der Waals surface area (Å²) in [6.45, 7) is 0. The molecule has 9 nitrogen and oxygen atoms in total. The van der Waals surface area contributed by atoms with Gasteiger partial charge in [0.05, 0.1) is 5.92 Å². The first-order chi connectivity index (χ1) is 14.4. The Hall–Kier alpha value is -3.49. The number of fused-ring (bicyclic) bond motifs is 1. The molecule has 30 heavy (non-hydrogen) atoms. The molecule has 2 aromatic heterocycles. The van der Waals surface area contributed by atoms with E-state index in [9.17, 15) is 14.7 Å². The van der Waals surface area contributed by atoms with E-state index in [1.165, 1.54) is 6.33 Å². The highest BCUT2D eigenvalue weighted by Gasteiger charge is 2.29. The van der Waals surface area contributed by atoms with Gasteiger partial charge in [0.15, 0.2) is 11.5 Å². The lowest BCUT2D eigenvalue weighted by atomic mass is 9.86. The van der Waals surface area contributed by atoms with Crippen molar-refractivity contribution in [3.05, 3.63) is 40.9 Å². The summed E-state index contributed by atoms with van der Waals surface area (Å²) in [5.41, 5.74) is 8.56. The maximum absolute atomic E-state index is 13.5. The van der Waals surface area contributed by atoms with Gasteiger partial charge in [-0.2, -0.15) is 0 Å². The fraction of sp³-hybridized carbons (Fsp3) is 0.381. The molecule has 1 aromatic carbocycles. The minimum absolute atomic E-state index is 0.160. The normalized spacial score (nSPS) is 19.0. The average molecular weight is 408 g/mol. The van der Waals surface area contributed by atoms with Crippen LogP contribution in [-0.2, 0) is 4.79 Å². The van der Waals surface area contributed by atoms with Gasteiger partial charge in [0.1, 0.15) is 17.5 Å². The summed E-state index contributed by atoms with van der Waals surface area (Å²) in [5.74, 6) is -0.949. The first kappa shape index (κ1) is 19.8. The Morgan fingerprint density at radius 1 is 1.13 bits per heavy atom. The van der Waals surface area contributed by atoms with E-state index in [0.29, 0.717) is 42.4 Å². The van der Waals surface area contributed by atoms with Crippen molar-refractivity contribution in [2.24, 2.45) is 5.92 Å². The molecule has 4 rings (SSSR count). The van der Waals surface area contributed by atoms with Gasteiger partial charge in [-0.3, -0.25) is 14.2 Å². The summed E-state index contributed by atoms with van der Waals surface area (Å²) >= 11 is 0. The fourth-order valence-electron chi connectivity index (χ4n) is 4.06. The lowest BCUT2D eigenvalue weighted by Gasteiger charge is -2.28. The van der Waals surface area contributed by atoms with Crippen molar-refractivity contribution in [1.29, 1.82) is 0 Å². The average Bonchev–Trinajstić information content (AvgIpc) is 2.74. The molecule has 0 radical (unpaired) electrons. The molecule has 0 bridgehead atoms. The van der Waals surface area contributed by atoms with Crippen LogP contribution in [0.5, 0.6) is 0 Å². The molecular weight excluding hydrogens is 384 g/mol. The van der Waals surface area contributed by atoms with Crippen molar-refractivity contribution < 1.29 is 9.90 Å². The van der Waals surface area contributed by atoms with Crippen LogP contribution in [0.2, 0.25) is 0 Å². The van der Waals surface area contributed by atoms with Gasteiger partial charge in [-0.1, -0.05) is 12.1 Å². The smallest absolute Gasteiger partial charge is 0.306 e. The maximum atomic E-state index is 13.5. The molecule has 1 aliphatic carbocycles. The molecule has 1 aliphatic rings. The zero-order chi connectivity index (χ0) is 21.4. The van der Waals surface area contributed by atoms with Crippen LogP contribution in [0.4, 0.5) is 11.5 Å². The second-order valence-corrected chi connectivity index (χ2v) is 7.85.